The maximum Gasteiger partial charge on any atom is 0.221 e. The van der Waals surface area contributed by atoms with E-state index in [1.807, 2.05) is 38.1 Å². The highest BCUT2D eigenvalue weighted by atomic mass is 16.5. The number of amides is 1. The van der Waals surface area contributed by atoms with E-state index < -0.39 is 0 Å². The van der Waals surface area contributed by atoms with Crippen LogP contribution in [0.25, 0.3) is 0 Å². The lowest BCUT2D eigenvalue weighted by molar-refractivity contribution is -0.122. The second kappa shape index (κ2) is 6.75. The van der Waals surface area contributed by atoms with Crippen LogP contribution in [0.1, 0.15) is 31.7 Å². The first kappa shape index (κ1) is 14.9. The Hall–Kier alpha value is -1.55. The molecule has 1 aliphatic rings. The monoisotopic (exact) mass is 276 g/mol. The Kier molecular flexibility index (Phi) is 5.01. The fourth-order valence-electron chi connectivity index (χ4n) is 2.14. The fourth-order valence-corrected chi connectivity index (χ4v) is 2.14. The Balaban J connectivity index is 1.67. The van der Waals surface area contributed by atoms with E-state index >= 15 is 0 Å². The third kappa shape index (κ3) is 4.85. The molecule has 110 valence electrons. The highest BCUT2D eigenvalue weighted by Crippen LogP contribution is 2.32. The molecular weight excluding hydrogens is 252 g/mol. The fraction of sp³-hybridized carbons (Fsp3) is 0.562. The first-order valence-electron chi connectivity index (χ1n) is 7.29. The summed E-state index contributed by atoms with van der Waals surface area (Å²) in [6, 6.07) is 7.88. The zero-order valence-corrected chi connectivity index (χ0v) is 12.3. The summed E-state index contributed by atoms with van der Waals surface area (Å²) >= 11 is 0. The zero-order valence-electron chi connectivity index (χ0n) is 12.3. The minimum atomic E-state index is -0.0183. The van der Waals surface area contributed by atoms with Gasteiger partial charge in [-0.3, -0.25) is 4.79 Å². The average molecular weight is 276 g/mol. The maximum atomic E-state index is 11.8. The first-order valence-corrected chi connectivity index (χ1v) is 7.29. The van der Waals surface area contributed by atoms with Gasteiger partial charge in [-0.1, -0.05) is 17.7 Å². The van der Waals surface area contributed by atoms with Crippen molar-refractivity contribution < 1.29 is 9.53 Å². The van der Waals surface area contributed by atoms with E-state index in [1.165, 1.54) is 18.4 Å². The van der Waals surface area contributed by atoms with Gasteiger partial charge >= 0.3 is 0 Å². The molecule has 0 heterocycles. The number of hydrogen-bond donors (Lipinski definition) is 2. The predicted octanol–water partition coefficient (Wildman–Crippen LogP) is 2.01. The van der Waals surface area contributed by atoms with Crippen molar-refractivity contribution in [1.29, 1.82) is 0 Å². The number of hydrogen-bond acceptors (Lipinski definition) is 3. The summed E-state index contributed by atoms with van der Waals surface area (Å²) in [5.41, 5.74) is 7.14. The van der Waals surface area contributed by atoms with Crippen LogP contribution < -0.4 is 15.8 Å². The zero-order chi connectivity index (χ0) is 14.5. The van der Waals surface area contributed by atoms with E-state index in [4.69, 9.17) is 10.5 Å². The SMILES string of the molecule is Cc1ccc(OCC(C)NC(=O)CC(N)C2CC2)cc1. The van der Waals surface area contributed by atoms with Gasteiger partial charge in [0.1, 0.15) is 12.4 Å². The molecule has 1 amide bonds. The molecule has 4 heteroatoms. The molecule has 0 aromatic heterocycles. The Morgan fingerprint density at radius 1 is 1.40 bits per heavy atom. The number of ether oxygens (including phenoxy) is 1. The van der Waals surface area contributed by atoms with Gasteiger partial charge in [-0.2, -0.15) is 0 Å². The molecule has 0 aliphatic heterocycles. The van der Waals surface area contributed by atoms with Crippen molar-refractivity contribution in [3.8, 4) is 5.75 Å². The van der Waals surface area contributed by atoms with Gasteiger partial charge in [-0.15, -0.1) is 0 Å². The molecule has 1 aromatic carbocycles. The summed E-state index contributed by atoms with van der Waals surface area (Å²) in [6.45, 7) is 4.44. The van der Waals surface area contributed by atoms with Crippen LogP contribution in [-0.4, -0.2) is 24.6 Å². The number of benzene rings is 1. The lowest BCUT2D eigenvalue weighted by atomic mass is 10.1. The molecule has 2 rings (SSSR count). The molecule has 0 radical (unpaired) electrons. The van der Waals surface area contributed by atoms with Crippen LogP contribution in [0.15, 0.2) is 24.3 Å². The summed E-state index contributed by atoms with van der Waals surface area (Å²) < 4.78 is 5.64. The standard InChI is InChI=1S/C16H24N2O2/c1-11-3-7-14(8-4-11)20-10-12(2)18-16(19)9-15(17)13-5-6-13/h3-4,7-8,12-13,15H,5-6,9-10,17H2,1-2H3,(H,18,19). The quantitative estimate of drug-likeness (QED) is 0.800. The Morgan fingerprint density at radius 2 is 2.05 bits per heavy atom. The summed E-state index contributed by atoms with van der Waals surface area (Å²) in [6.07, 6.45) is 2.75. The van der Waals surface area contributed by atoms with Crippen LogP contribution in [0.3, 0.4) is 0 Å². The number of rotatable bonds is 7. The minimum absolute atomic E-state index is 0.0141. The molecule has 3 N–H and O–H groups in total. The van der Waals surface area contributed by atoms with Crippen molar-refractivity contribution in [2.75, 3.05) is 6.61 Å². The molecule has 1 saturated carbocycles. The molecule has 0 bridgehead atoms. The van der Waals surface area contributed by atoms with Crippen LogP contribution in [0.5, 0.6) is 5.75 Å². The molecule has 0 spiro atoms. The number of nitrogens with one attached hydrogen (secondary N) is 1. The minimum Gasteiger partial charge on any atom is -0.491 e. The number of nitrogens with two attached hydrogens (primary N) is 1. The highest BCUT2D eigenvalue weighted by molar-refractivity contribution is 5.76. The van der Waals surface area contributed by atoms with E-state index in [9.17, 15) is 4.79 Å². The Morgan fingerprint density at radius 3 is 2.65 bits per heavy atom. The van der Waals surface area contributed by atoms with Gasteiger partial charge in [0.05, 0.1) is 6.04 Å². The molecule has 0 saturated heterocycles. The summed E-state index contributed by atoms with van der Waals surface area (Å²) in [5.74, 6) is 1.40. The van der Waals surface area contributed by atoms with Gasteiger partial charge in [0.2, 0.25) is 5.91 Å². The average Bonchev–Trinajstić information content (AvgIpc) is 3.22. The smallest absolute Gasteiger partial charge is 0.221 e. The van der Waals surface area contributed by atoms with E-state index in [-0.39, 0.29) is 18.0 Å². The Labute approximate surface area is 120 Å². The summed E-state index contributed by atoms with van der Waals surface area (Å²) in [7, 11) is 0. The second-order valence-corrected chi connectivity index (χ2v) is 5.80. The van der Waals surface area contributed by atoms with Crippen LogP contribution >= 0.6 is 0 Å². The molecular formula is C16H24N2O2. The van der Waals surface area contributed by atoms with Gasteiger partial charge in [0.15, 0.2) is 0 Å². The number of carbonyl (C=O) groups is 1. The summed E-state index contributed by atoms with van der Waals surface area (Å²) in [5, 5.41) is 2.93. The van der Waals surface area contributed by atoms with Crippen molar-refractivity contribution >= 4 is 5.91 Å². The molecule has 1 aromatic rings. The first-order chi connectivity index (χ1) is 9.54. The van der Waals surface area contributed by atoms with E-state index in [2.05, 4.69) is 5.32 Å². The predicted molar refractivity (Wildman–Crippen MR) is 79.6 cm³/mol. The van der Waals surface area contributed by atoms with Crippen LogP contribution in [0.4, 0.5) is 0 Å². The van der Waals surface area contributed by atoms with Gasteiger partial charge in [0, 0.05) is 12.5 Å². The second-order valence-electron chi connectivity index (χ2n) is 5.80. The Bertz CT molecular complexity index is 440. The summed E-state index contributed by atoms with van der Waals surface area (Å²) in [4.78, 5) is 11.8. The van der Waals surface area contributed by atoms with Gasteiger partial charge in [0.25, 0.3) is 0 Å². The molecule has 2 unspecified atom stereocenters. The van der Waals surface area contributed by atoms with Gasteiger partial charge < -0.3 is 15.8 Å². The van der Waals surface area contributed by atoms with Crippen molar-refractivity contribution in [2.24, 2.45) is 11.7 Å². The molecule has 2 atom stereocenters. The topological polar surface area (TPSA) is 64.3 Å². The van der Waals surface area contributed by atoms with Crippen LogP contribution in [-0.2, 0) is 4.79 Å². The third-order valence-corrected chi connectivity index (χ3v) is 3.58. The third-order valence-electron chi connectivity index (χ3n) is 3.58. The highest BCUT2D eigenvalue weighted by Gasteiger charge is 2.29. The maximum absolute atomic E-state index is 11.8. The molecule has 1 aliphatic carbocycles. The number of carbonyl (C=O) groups excluding carboxylic acids is 1. The normalized spacial score (nSPS) is 17.4. The van der Waals surface area contributed by atoms with Gasteiger partial charge in [-0.25, -0.2) is 0 Å². The van der Waals surface area contributed by atoms with Crippen molar-refractivity contribution in [3.05, 3.63) is 29.8 Å². The van der Waals surface area contributed by atoms with Crippen LogP contribution in [0.2, 0.25) is 0 Å². The molecule has 20 heavy (non-hydrogen) atoms. The molecule has 4 nitrogen and oxygen atoms in total. The van der Waals surface area contributed by atoms with Gasteiger partial charge in [-0.05, 0) is 44.7 Å². The van der Waals surface area contributed by atoms with E-state index in [0.717, 1.165) is 5.75 Å². The largest absolute Gasteiger partial charge is 0.491 e. The lowest BCUT2D eigenvalue weighted by Crippen LogP contribution is -2.40. The van der Waals surface area contributed by atoms with E-state index in [1.54, 1.807) is 0 Å². The molecule has 1 fully saturated rings. The lowest BCUT2D eigenvalue weighted by Gasteiger charge is -2.17. The van der Waals surface area contributed by atoms with E-state index in [0.29, 0.717) is 18.9 Å². The van der Waals surface area contributed by atoms with Crippen molar-refractivity contribution in [1.82, 2.24) is 5.32 Å². The van der Waals surface area contributed by atoms with Crippen LogP contribution in [0, 0.1) is 12.8 Å². The van der Waals surface area contributed by atoms with Crippen molar-refractivity contribution in [3.63, 3.8) is 0 Å². The number of aryl methyl sites for hydroxylation is 1. The van der Waals surface area contributed by atoms with Crippen molar-refractivity contribution in [2.45, 2.75) is 45.2 Å².